The van der Waals surface area contributed by atoms with Crippen LogP contribution in [0.2, 0.25) is 0 Å². The summed E-state index contributed by atoms with van der Waals surface area (Å²) in [6.45, 7) is 1.40. The molecule has 0 aliphatic carbocycles. The predicted octanol–water partition coefficient (Wildman–Crippen LogP) is 2.01. The molecule has 1 rings (SSSR count). The minimum Gasteiger partial charge on any atom is -0.295 e. The van der Waals surface area contributed by atoms with E-state index in [1.807, 2.05) is 0 Å². The van der Waals surface area contributed by atoms with Gasteiger partial charge in [0, 0.05) is 5.56 Å². The Morgan fingerprint density at radius 3 is 2.46 bits per heavy atom. The summed E-state index contributed by atoms with van der Waals surface area (Å²) in [5, 5.41) is 0. The largest absolute Gasteiger partial charge is 0.295 e. The monoisotopic (exact) mass is 310 g/mol. The van der Waals surface area contributed by atoms with Crippen LogP contribution in [0.25, 0.3) is 0 Å². The summed E-state index contributed by atoms with van der Waals surface area (Å²) in [7, 11) is -3.24. The minimum absolute atomic E-state index is 0.137. The fraction of sp³-hybridized carbons (Fsp3) is 0.125. The number of Topliss-reactive ketones (excluding diaryl/α,β-unsaturated/α-hetero) is 1. The first-order chi connectivity index (χ1) is 5.91. The fourth-order valence-corrected chi connectivity index (χ4v) is 2.20. The molecule has 1 aromatic rings. The third-order valence-electron chi connectivity index (χ3n) is 1.52. The average molecular weight is 310 g/mol. The lowest BCUT2D eigenvalue weighted by Crippen LogP contribution is -1.95. The molecule has 0 aromatic heterocycles. The van der Waals surface area contributed by atoms with Gasteiger partial charge >= 0.3 is 0 Å². The van der Waals surface area contributed by atoms with E-state index in [2.05, 4.69) is 0 Å². The Morgan fingerprint density at radius 2 is 2.00 bits per heavy atom. The number of hydrogen-bond acceptors (Lipinski definition) is 3. The Bertz CT molecular complexity index is 436. The van der Waals surface area contributed by atoms with Crippen molar-refractivity contribution < 1.29 is 13.2 Å². The van der Waals surface area contributed by atoms with Gasteiger partial charge in [0.05, 0.1) is 26.1 Å². The summed E-state index contributed by atoms with van der Waals surface area (Å²) < 4.78 is 22.2. The number of rotatable bonds is 2. The molecular formula is C8H7IO3S. The molecule has 0 aliphatic rings. The molecule has 0 atom stereocenters. The Kier molecular flexibility index (Phi) is 3.07. The zero-order valence-corrected chi connectivity index (χ0v) is 9.79. The standard InChI is InChI=1S/C8H7IO3S/c1-6(10)7-3-2-4-8(5-7)13(9,11)12/h2-5H,1H3. The zero-order chi connectivity index (χ0) is 10.1. The first-order valence-corrected chi connectivity index (χ1v) is 7.49. The molecule has 0 aliphatic heterocycles. The van der Waals surface area contributed by atoms with Gasteiger partial charge in [-0.25, -0.2) is 8.42 Å². The Morgan fingerprint density at radius 1 is 1.38 bits per heavy atom. The van der Waals surface area contributed by atoms with Crippen molar-refractivity contribution in [3.05, 3.63) is 29.8 Å². The second kappa shape index (κ2) is 3.75. The van der Waals surface area contributed by atoms with Crippen molar-refractivity contribution in [2.75, 3.05) is 0 Å². The zero-order valence-electron chi connectivity index (χ0n) is 6.82. The molecule has 1 aromatic carbocycles. The van der Waals surface area contributed by atoms with Crippen molar-refractivity contribution in [1.29, 1.82) is 0 Å². The molecule has 3 nitrogen and oxygen atoms in total. The van der Waals surface area contributed by atoms with Gasteiger partial charge in [-0.2, -0.15) is 0 Å². The summed E-state index contributed by atoms with van der Waals surface area (Å²) in [6.07, 6.45) is 0. The van der Waals surface area contributed by atoms with Crippen LogP contribution in [0.5, 0.6) is 0 Å². The second-order valence-electron chi connectivity index (χ2n) is 2.52. The highest BCUT2D eigenvalue weighted by atomic mass is 127. The van der Waals surface area contributed by atoms with E-state index in [0.29, 0.717) is 5.56 Å². The molecule has 0 fully saturated rings. The van der Waals surface area contributed by atoms with Gasteiger partial charge in [-0.3, -0.25) is 4.79 Å². The fourth-order valence-electron chi connectivity index (χ4n) is 0.867. The maximum atomic E-state index is 11.1. The van der Waals surface area contributed by atoms with Gasteiger partial charge < -0.3 is 0 Å². The first-order valence-electron chi connectivity index (χ1n) is 3.47. The molecular weight excluding hydrogens is 303 g/mol. The predicted molar refractivity (Wildman–Crippen MR) is 57.7 cm³/mol. The van der Waals surface area contributed by atoms with E-state index in [0.717, 1.165) is 0 Å². The molecule has 0 spiro atoms. The van der Waals surface area contributed by atoms with Crippen LogP contribution in [0.15, 0.2) is 29.2 Å². The Labute approximate surface area is 88.7 Å². The van der Waals surface area contributed by atoms with Crippen molar-refractivity contribution in [2.24, 2.45) is 0 Å². The molecule has 0 saturated carbocycles. The summed E-state index contributed by atoms with van der Waals surface area (Å²) in [6, 6.07) is 5.99. The maximum Gasteiger partial charge on any atom is 0.231 e. The molecule has 0 N–H and O–H groups in total. The van der Waals surface area contributed by atoms with Crippen LogP contribution in [0.3, 0.4) is 0 Å². The maximum absolute atomic E-state index is 11.1. The average Bonchev–Trinajstić information content (AvgIpc) is 2.03. The smallest absolute Gasteiger partial charge is 0.231 e. The SMILES string of the molecule is CC(=O)c1cccc(S(=O)(=O)I)c1. The quantitative estimate of drug-likeness (QED) is 0.477. The van der Waals surface area contributed by atoms with Gasteiger partial charge in [0.1, 0.15) is 0 Å². The lowest BCUT2D eigenvalue weighted by molar-refractivity contribution is 0.101. The molecule has 0 bridgehead atoms. The summed E-state index contributed by atoms with van der Waals surface area (Å²) in [4.78, 5) is 11.1. The number of hydrogen-bond donors (Lipinski definition) is 0. The van der Waals surface area contributed by atoms with Gasteiger partial charge in [-0.1, -0.05) is 12.1 Å². The first kappa shape index (κ1) is 10.6. The molecule has 13 heavy (non-hydrogen) atoms. The molecule has 0 radical (unpaired) electrons. The number of halogens is 1. The van der Waals surface area contributed by atoms with E-state index in [4.69, 9.17) is 0 Å². The topological polar surface area (TPSA) is 51.2 Å². The summed E-state index contributed by atoms with van der Waals surface area (Å²) >= 11 is 1.34. The van der Waals surface area contributed by atoms with Crippen molar-refractivity contribution in [3.8, 4) is 0 Å². The summed E-state index contributed by atoms with van der Waals surface area (Å²) in [5.41, 5.74) is 0.415. The van der Waals surface area contributed by atoms with E-state index in [1.165, 1.54) is 40.3 Å². The number of ketones is 1. The van der Waals surface area contributed by atoms with Crippen LogP contribution < -0.4 is 0 Å². The molecule has 70 valence electrons. The normalized spacial score (nSPS) is 11.2. The van der Waals surface area contributed by atoms with Crippen LogP contribution in [0.4, 0.5) is 0 Å². The van der Waals surface area contributed by atoms with Crippen LogP contribution in [-0.2, 0) is 7.01 Å². The van der Waals surface area contributed by atoms with E-state index >= 15 is 0 Å². The van der Waals surface area contributed by atoms with Crippen molar-refractivity contribution in [3.63, 3.8) is 0 Å². The highest BCUT2D eigenvalue weighted by Crippen LogP contribution is 2.18. The van der Waals surface area contributed by atoms with Gasteiger partial charge in [-0.15, -0.1) is 0 Å². The molecule has 0 heterocycles. The van der Waals surface area contributed by atoms with E-state index in [9.17, 15) is 13.2 Å². The van der Waals surface area contributed by atoms with E-state index in [-0.39, 0.29) is 10.7 Å². The number of benzene rings is 1. The van der Waals surface area contributed by atoms with Crippen LogP contribution >= 0.6 is 21.2 Å². The number of carbonyl (C=O) groups excluding carboxylic acids is 1. The highest BCUT2D eigenvalue weighted by Gasteiger charge is 2.10. The lowest BCUT2D eigenvalue weighted by atomic mass is 10.2. The van der Waals surface area contributed by atoms with Gasteiger partial charge in [-0.05, 0) is 19.1 Å². The minimum atomic E-state index is -3.24. The molecule has 5 heteroatoms. The second-order valence-corrected chi connectivity index (χ2v) is 7.35. The third-order valence-corrected chi connectivity index (χ3v) is 3.86. The van der Waals surface area contributed by atoms with Crippen LogP contribution in [-0.4, -0.2) is 14.2 Å². The molecule has 0 unspecified atom stereocenters. The van der Waals surface area contributed by atoms with Crippen molar-refractivity contribution >= 4 is 34.0 Å². The van der Waals surface area contributed by atoms with Gasteiger partial charge in [0.15, 0.2) is 5.78 Å². The highest BCUT2D eigenvalue weighted by molar-refractivity contribution is 14.2. The number of carbonyl (C=O) groups is 1. The van der Waals surface area contributed by atoms with Crippen molar-refractivity contribution in [2.45, 2.75) is 11.8 Å². The van der Waals surface area contributed by atoms with Crippen molar-refractivity contribution in [1.82, 2.24) is 0 Å². The van der Waals surface area contributed by atoms with E-state index in [1.54, 1.807) is 12.1 Å². The van der Waals surface area contributed by atoms with E-state index < -0.39 is 7.01 Å². The molecule has 0 amide bonds. The van der Waals surface area contributed by atoms with Gasteiger partial charge in [0.25, 0.3) is 0 Å². The van der Waals surface area contributed by atoms with Crippen LogP contribution in [0, 0.1) is 0 Å². The van der Waals surface area contributed by atoms with Crippen LogP contribution in [0.1, 0.15) is 17.3 Å². The Hall–Kier alpha value is -0.430. The Balaban J connectivity index is 3.29. The summed E-state index contributed by atoms with van der Waals surface area (Å²) in [5.74, 6) is -0.137. The lowest BCUT2D eigenvalue weighted by Gasteiger charge is -1.98. The van der Waals surface area contributed by atoms with Gasteiger partial charge in [0.2, 0.25) is 7.01 Å². The molecule has 0 saturated heterocycles. The third kappa shape index (κ3) is 2.77.